The summed E-state index contributed by atoms with van der Waals surface area (Å²) in [5, 5.41) is 8.64. The van der Waals surface area contributed by atoms with E-state index < -0.39 is 6.04 Å². The van der Waals surface area contributed by atoms with Crippen LogP contribution in [0.5, 0.6) is 0 Å². The maximum atomic E-state index is 12.1. The zero-order valence-electron chi connectivity index (χ0n) is 11.7. The minimum Gasteiger partial charge on any atom is -0.357 e. The van der Waals surface area contributed by atoms with Gasteiger partial charge >= 0.3 is 0 Å². The van der Waals surface area contributed by atoms with Crippen LogP contribution in [0.4, 0.5) is 0 Å². The monoisotopic (exact) mass is 255 g/mol. The molecule has 3 N–H and O–H groups in total. The Morgan fingerprint density at radius 2 is 2.06 bits per heavy atom. The van der Waals surface area contributed by atoms with Gasteiger partial charge in [0.25, 0.3) is 0 Å². The number of hydrogen-bond acceptors (Lipinski definition) is 3. The molecule has 2 amide bonds. The van der Waals surface area contributed by atoms with Crippen LogP contribution >= 0.6 is 0 Å². The third-order valence-electron chi connectivity index (χ3n) is 3.40. The summed E-state index contributed by atoms with van der Waals surface area (Å²) in [6.45, 7) is 7.01. The van der Waals surface area contributed by atoms with Crippen molar-refractivity contribution >= 4 is 11.8 Å². The SMILES string of the molecule is CNC(=O)C(CC(C)C)NC(=O)C1NCCC1C. The van der Waals surface area contributed by atoms with Gasteiger partial charge in [0.2, 0.25) is 11.8 Å². The van der Waals surface area contributed by atoms with Gasteiger partial charge in [-0.1, -0.05) is 20.8 Å². The Balaban J connectivity index is 2.59. The number of rotatable bonds is 5. The van der Waals surface area contributed by atoms with Crippen LogP contribution in [0.3, 0.4) is 0 Å². The summed E-state index contributed by atoms with van der Waals surface area (Å²) in [5.74, 6) is 0.507. The van der Waals surface area contributed by atoms with Crippen LogP contribution in [0.25, 0.3) is 0 Å². The van der Waals surface area contributed by atoms with Crippen molar-refractivity contribution in [1.82, 2.24) is 16.0 Å². The Labute approximate surface area is 109 Å². The summed E-state index contributed by atoms with van der Waals surface area (Å²) in [4.78, 5) is 23.8. The fourth-order valence-electron chi connectivity index (χ4n) is 2.32. The van der Waals surface area contributed by atoms with Crippen LogP contribution < -0.4 is 16.0 Å². The zero-order chi connectivity index (χ0) is 13.7. The Morgan fingerprint density at radius 3 is 2.50 bits per heavy atom. The lowest BCUT2D eigenvalue weighted by molar-refractivity contribution is -0.130. The predicted molar refractivity (Wildman–Crippen MR) is 71.0 cm³/mol. The van der Waals surface area contributed by atoms with E-state index in [4.69, 9.17) is 0 Å². The summed E-state index contributed by atoms with van der Waals surface area (Å²) in [5.41, 5.74) is 0. The van der Waals surface area contributed by atoms with Gasteiger partial charge in [0.1, 0.15) is 6.04 Å². The predicted octanol–water partition coefficient (Wildman–Crippen LogP) is 0.261. The van der Waals surface area contributed by atoms with E-state index in [1.807, 2.05) is 13.8 Å². The lowest BCUT2D eigenvalue weighted by Crippen LogP contribution is -2.52. The fraction of sp³-hybridized carbons (Fsp3) is 0.846. The van der Waals surface area contributed by atoms with Gasteiger partial charge in [-0.15, -0.1) is 0 Å². The number of carbonyl (C=O) groups is 2. The van der Waals surface area contributed by atoms with Gasteiger partial charge < -0.3 is 16.0 Å². The molecule has 1 fully saturated rings. The Bertz CT molecular complexity index is 305. The maximum absolute atomic E-state index is 12.1. The molecule has 5 heteroatoms. The molecule has 0 aromatic heterocycles. The number of nitrogens with one attached hydrogen (secondary N) is 3. The van der Waals surface area contributed by atoms with E-state index in [1.165, 1.54) is 0 Å². The summed E-state index contributed by atoms with van der Waals surface area (Å²) in [6.07, 6.45) is 1.67. The van der Waals surface area contributed by atoms with Crippen LogP contribution in [0.15, 0.2) is 0 Å². The van der Waals surface area contributed by atoms with Crippen LogP contribution in [0, 0.1) is 11.8 Å². The molecule has 0 aromatic carbocycles. The van der Waals surface area contributed by atoms with Gasteiger partial charge in [0, 0.05) is 7.05 Å². The van der Waals surface area contributed by atoms with Gasteiger partial charge in [-0.3, -0.25) is 9.59 Å². The number of hydrogen-bond donors (Lipinski definition) is 3. The third kappa shape index (κ3) is 3.98. The molecule has 1 saturated heterocycles. The van der Waals surface area contributed by atoms with E-state index >= 15 is 0 Å². The molecule has 3 unspecified atom stereocenters. The lowest BCUT2D eigenvalue weighted by Gasteiger charge is -2.22. The number of amides is 2. The van der Waals surface area contributed by atoms with Crippen molar-refractivity contribution in [3.8, 4) is 0 Å². The average Bonchev–Trinajstić information content (AvgIpc) is 2.73. The molecule has 0 saturated carbocycles. The molecule has 0 aromatic rings. The van der Waals surface area contributed by atoms with E-state index in [9.17, 15) is 9.59 Å². The van der Waals surface area contributed by atoms with E-state index in [1.54, 1.807) is 7.05 Å². The van der Waals surface area contributed by atoms with Gasteiger partial charge in [-0.05, 0) is 31.2 Å². The normalized spacial score (nSPS) is 24.9. The second-order valence-electron chi connectivity index (χ2n) is 5.50. The van der Waals surface area contributed by atoms with Gasteiger partial charge in [0.05, 0.1) is 6.04 Å². The Morgan fingerprint density at radius 1 is 1.39 bits per heavy atom. The van der Waals surface area contributed by atoms with Crippen LogP contribution in [-0.2, 0) is 9.59 Å². The molecular weight excluding hydrogens is 230 g/mol. The summed E-state index contributed by atoms with van der Waals surface area (Å²) in [7, 11) is 1.60. The van der Waals surface area contributed by atoms with E-state index in [-0.39, 0.29) is 17.9 Å². The van der Waals surface area contributed by atoms with Crippen molar-refractivity contribution < 1.29 is 9.59 Å². The fourth-order valence-corrected chi connectivity index (χ4v) is 2.32. The molecule has 0 spiro atoms. The lowest BCUT2D eigenvalue weighted by atomic mass is 10.00. The van der Waals surface area contributed by atoms with Crippen LogP contribution in [0.2, 0.25) is 0 Å². The molecule has 3 atom stereocenters. The molecule has 1 aliphatic rings. The molecule has 1 aliphatic heterocycles. The summed E-state index contributed by atoms with van der Waals surface area (Å²) >= 11 is 0. The van der Waals surface area contributed by atoms with Crippen molar-refractivity contribution in [2.24, 2.45) is 11.8 Å². The smallest absolute Gasteiger partial charge is 0.242 e. The largest absolute Gasteiger partial charge is 0.357 e. The summed E-state index contributed by atoms with van der Waals surface area (Å²) < 4.78 is 0. The topological polar surface area (TPSA) is 70.2 Å². The highest BCUT2D eigenvalue weighted by molar-refractivity contribution is 5.89. The molecule has 0 radical (unpaired) electrons. The molecule has 18 heavy (non-hydrogen) atoms. The van der Waals surface area contributed by atoms with E-state index in [0.717, 1.165) is 13.0 Å². The molecule has 104 valence electrons. The second kappa shape index (κ2) is 6.73. The highest BCUT2D eigenvalue weighted by atomic mass is 16.2. The van der Waals surface area contributed by atoms with Crippen molar-refractivity contribution in [1.29, 1.82) is 0 Å². The van der Waals surface area contributed by atoms with Crippen molar-refractivity contribution in [3.05, 3.63) is 0 Å². The molecule has 5 nitrogen and oxygen atoms in total. The average molecular weight is 255 g/mol. The standard InChI is InChI=1S/C13H25N3O2/c1-8(2)7-10(12(17)14-4)16-13(18)11-9(3)5-6-15-11/h8-11,15H,5-7H2,1-4H3,(H,14,17)(H,16,18). The molecule has 0 bridgehead atoms. The minimum absolute atomic E-state index is 0.0609. The quantitative estimate of drug-likeness (QED) is 0.660. The van der Waals surface area contributed by atoms with Crippen LogP contribution in [0.1, 0.15) is 33.6 Å². The van der Waals surface area contributed by atoms with Gasteiger partial charge in [0.15, 0.2) is 0 Å². The van der Waals surface area contributed by atoms with Crippen LogP contribution in [-0.4, -0.2) is 37.5 Å². The highest BCUT2D eigenvalue weighted by Crippen LogP contribution is 2.15. The molecule has 1 rings (SSSR count). The van der Waals surface area contributed by atoms with E-state index in [0.29, 0.717) is 18.3 Å². The van der Waals surface area contributed by atoms with Gasteiger partial charge in [-0.2, -0.15) is 0 Å². The molecule has 0 aliphatic carbocycles. The summed E-state index contributed by atoms with van der Waals surface area (Å²) in [6, 6.07) is -0.596. The third-order valence-corrected chi connectivity index (χ3v) is 3.40. The number of carbonyl (C=O) groups excluding carboxylic acids is 2. The molecule has 1 heterocycles. The zero-order valence-corrected chi connectivity index (χ0v) is 11.7. The van der Waals surface area contributed by atoms with Crippen molar-refractivity contribution in [3.63, 3.8) is 0 Å². The van der Waals surface area contributed by atoms with E-state index in [2.05, 4.69) is 22.9 Å². The number of likely N-dealkylation sites (N-methyl/N-ethyl adjacent to an activating group) is 1. The Kier molecular flexibility index (Phi) is 5.59. The Hall–Kier alpha value is -1.10. The van der Waals surface area contributed by atoms with Gasteiger partial charge in [-0.25, -0.2) is 0 Å². The maximum Gasteiger partial charge on any atom is 0.242 e. The first-order chi connectivity index (χ1) is 8.45. The first-order valence-corrected chi connectivity index (χ1v) is 6.71. The highest BCUT2D eigenvalue weighted by Gasteiger charge is 2.31. The molecular formula is C13H25N3O2. The van der Waals surface area contributed by atoms with Crippen molar-refractivity contribution in [2.75, 3.05) is 13.6 Å². The first kappa shape index (κ1) is 15.0. The minimum atomic E-state index is -0.433. The first-order valence-electron chi connectivity index (χ1n) is 6.71. The second-order valence-corrected chi connectivity index (χ2v) is 5.50. The van der Waals surface area contributed by atoms with Crippen molar-refractivity contribution in [2.45, 2.75) is 45.7 Å².